The Morgan fingerprint density at radius 2 is 2.02 bits per heavy atom. The number of nitrogens with one attached hydrogen (secondary N) is 2. The molecule has 0 saturated heterocycles. The van der Waals surface area contributed by atoms with Crippen LogP contribution in [0.5, 0.6) is 0 Å². The molecule has 208 valence electrons. The van der Waals surface area contributed by atoms with Crippen LogP contribution in [-0.2, 0) is 15.9 Å². The number of methoxy groups -OCH3 is 1. The van der Waals surface area contributed by atoms with E-state index in [0.717, 1.165) is 28.1 Å². The molecule has 6 rings (SSSR count). The van der Waals surface area contributed by atoms with Gasteiger partial charge < -0.3 is 19.0 Å². The second-order valence-corrected chi connectivity index (χ2v) is 9.72. The summed E-state index contributed by atoms with van der Waals surface area (Å²) in [5, 5.41) is 14.5. The molecule has 14 heteroatoms. The number of anilines is 1. The van der Waals surface area contributed by atoms with Crippen LogP contribution < -0.4 is 10.9 Å². The molecule has 41 heavy (non-hydrogen) atoms. The zero-order chi connectivity index (χ0) is 28.3. The fourth-order valence-electron chi connectivity index (χ4n) is 4.86. The first-order valence-corrected chi connectivity index (χ1v) is 13.1. The van der Waals surface area contributed by atoms with E-state index in [9.17, 15) is 9.59 Å². The van der Waals surface area contributed by atoms with Gasteiger partial charge in [-0.1, -0.05) is 11.6 Å². The number of hydrogen-bond donors (Lipinski definition) is 2. The van der Waals surface area contributed by atoms with E-state index >= 15 is 0 Å². The minimum atomic E-state index is -0.610. The highest BCUT2D eigenvalue weighted by atomic mass is 35.5. The van der Waals surface area contributed by atoms with Crippen molar-refractivity contribution in [3.05, 3.63) is 88.1 Å². The summed E-state index contributed by atoms with van der Waals surface area (Å²) in [4.78, 5) is 37.5. The lowest BCUT2D eigenvalue weighted by atomic mass is 10.0. The Morgan fingerprint density at radius 3 is 2.80 bits per heavy atom. The average molecular weight is 574 g/mol. The zero-order valence-electron chi connectivity index (χ0n) is 21.8. The number of benzene rings is 1. The van der Waals surface area contributed by atoms with Crippen molar-refractivity contribution in [3.63, 3.8) is 0 Å². The number of carbonyl (C=O) groups excluding carboxylic acids is 1. The van der Waals surface area contributed by atoms with Crippen molar-refractivity contribution in [1.82, 2.24) is 39.7 Å². The maximum atomic E-state index is 13.4. The molecule has 0 bridgehead atoms. The van der Waals surface area contributed by atoms with Gasteiger partial charge in [-0.15, -0.1) is 5.10 Å². The lowest BCUT2D eigenvalue weighted by molar-refractivity contribution is 0.107. The van der Waals surface area contributed by atoms with Crippen LogP contribution in [0.3, 0.4) is 0 Å². The lowest BCUT2D eigenvalue weighted by Crippen LogP contribution is -2.23. The van der Waals surface area contributed by atoms with Crippen LogP contribution in [0.2, 0.25) is 5.02 Å². The number of imidazole rings is 1. The Morgan fingerprint density at radius 1 is 1.12 bits per heavy atom. The van der Waals surface area contributed by atoms with Crippen molar-refractivity contribution in [2.45, 2.75) is 18.9 Å². The van der Waals surface area contributed by atoms with Gasteiger partial charge in [0, 0.05) is 41.2 Å². The molecule has 1 aromatic carbocycles. The summed E-state index contributed by atoms with van der Waals surface area (Å²) >= 11 is 6.31. The maximum absolute atomic E-state index is 13.4. The van der Waals surface area contributed by atoms with Crippen LogP contribution >= 0.6 is 11.6 Å². The van der Waals surface area contributed by atoms with Crippen LogP contribution in [0.25, 0.3) is 28.1 Å². The van der Waals surface area contributed by atoms with E-state index in [-0.39, 0.29) is 18.2 Å². The minimum absolute atomic E-state index is 0.143. The normalized spacial score (nSPS) is 14.1. The smallest absolute Gasteiger partial charge is 0.412 e. The standard InChI is InChI=1S/C27H24ClN9O4/c1-40-8-9-41-27(39)33-24-7-2-16(13-29-24)21-14-30-26(32-21)23-6-4-19-10-17(11-25(38)37(19)23)20-12-18(28)3-5-22(20)36-15-31-34-35-36/h2-3,5,7,10-15,23H,4,6,8-9H2,1H3,(H,30,32)(H,29,33,39)/t23-/m0/s1. The summed E-state index contributed by atoms with van der Waals surface area (Å²) < 4.78 is 13.2. The molecule has 0 saturated carbocycles. The SMILES string of the molecule is COCCOC(=O)Nc1ccc(-c2cnc([C@@H]3CCc4cc(-c5cc(Cl)ccc5-n5cnnn5)cc(=O)n43)[nH]2)cn1. The topological polar surface area (TPSA) is 155 Å². The summed E-state index contributed by atoms with van der Waals surface area (Å²) in [6, 6.07) is 12.2. The van der Waals surface area contributed by atoms with E-state index < -0.39 is 6.09 Å². The van der Waals surface area contributed by atoms with Crippen LogP contribution in [-0.4, -0.2) is 66.1 Å². The molecular formula is C27H24ClN9O4. The monoisotopic (exact) mass is 573 g/mol. The molecule has 1 amide bonds. The van der Waals surface area contributed by atoms with E-state index in [4.69, 9.17) is 21.1 Å². The van der Waals surface area contributed by atoms with E-state index in [0.29, 0.717) is 41.8 Å². The van der Waals surface area contributed by atoms with Gasteiger partial charge in [-0.25, -0.2) is 14.8 Å². The summed E-state index contributed by atoms with van der Waals surface area (Å²) in [5.41, 5.74) is 4.47. The van der Waals surface area contributed by atoms with Crippen molar-refractivity contribution in [3.8, 4) is 28.1 Å². The Balaban J connectivity index is 1.22. The van der Waals surface area contributed by atoms with Crippen LogP contribution in [0.4, 0.5) is 10.6 Å². The number of carbonyl (C=O) groups is 1. The number of H-pyrrole nitrogens is 1. The van der Waals surface area contributed by atoms with E-state index in [1.165, 1.54) is 18.1 Å². The number of pyridine rings is 2. The van der Waals surface area contributed by atoms with Gasteiger partial charge in [-0.2, -0.15) is 4.68 Å². The van der Waals surface area contributed by atoms with E-state index in [2.05, 4.69) is 35.8 Å². The first kappa shape index (κ1) is 26.3. The molecule has 2 N–H and O–H groups in total. The number of tetrazole rings is 1. The summed E-state index contributed by atoms with van der Waals surface area (Å²) in [6.45, 7) is 0.458. The number of ether oxygens (including phenoxy) is 2. The van der Waals surface area contributed by atoms with Gasteiger partial charge in [0.2, 0.25) is 0 Å². The lowest BCUT2D eigenvalue weighted by Gasteiger charge is -2.15. The molecule has 1 aliphatic rings. The Hall–Kier alpha value is -4.88. The number of amides is 1. The number of aromatic nitrogens is 8. The molecule has 1 atom stereocenters. The first-order valence-electron chi connectivity index (χ1n) is 12.7. The van der Waals surface area contributed by atoms with E-state index in [1.807, 2.05) is 18.2 Å². The molecule has 5 heterocycles. The molecule has 5 aromatic rings. The number of rotatable bonds is 8. The molecule has 0 aliphatic carbocycles. The van der Waals surface area contributed by atoms with Gasteiger partial charge >= 0.3 is 6.09 Å². The Bertz CT molecular complexity index is 1750. The van der Waals surface area contributed by atoms with Gasteiger partial charge in [0.15, 0.2) is 0 Å². The summed E-state index contributed by atoms with van der Waals surface area (Å²) in [7, 11) is 1.53. The number of hydrogen-bond acceptors (Lipinski definition) is 9. The molecular weight excluding hydrogens is 550 g/mol. The van der Waals surface area contributed by atoms with E-state index in [1.54, 1.807) is 41.2 Å². The summed E-state index contributed by atoms with van der Waals surface area (Å²) in [5.74, 6) is 1.03. The third-order valence-electron chi connectivity index (χ3n) is 6.74. The van der Waals surface area contributed by atoms with Crippen molar-refractivity contribution in [1.29, 1.82) is 0 Å². The van der Waals surface area contributed by atoms with Crippen LogP contribution in [0, 0.1) is 0 Å². The number of aryl methyl sites for hydroxylation is 1. The molecule has 0 unspecified atom stereocenters. The van der Waals surface area contributed by atoms with Gasteiger partial charge in [-0.3, -0.25) is 10.1 Å². The van der Waals surface area contributed by atoms with Crippen molar-refractivity contribution < 1.29 is 14.3 Å². The molecule has 4 aromatic heterocycles. The third-order valence-corrected chi connectivity index (χ3v) is 6.97. The third kappa shape index (κ3) is 5.44. The maximum Gasteiger partial charge on any atom is 0.412 e. The van der Waals surface area contributed by atoms with Crippen molar-refractivity contribution in [2.24, 2.45) is 0 Å². The predicted octanol–water partition coefficient (Wildman–Crippen LogP) is 3.66. The quantitative estimate of drug-likeness (QED) is 0.264. The first-order chi connectivity index (χ1) is 20.0. The van der Waals surface area contributed by atoms with Crippen LogP contribution in [0.15, 0.2) is 66.0 Å². The van der Waals surface area contributed by atoms with Crippen molar-refractivity contribution in [2.75, 3.05) is 25.6 Å². The van der Waals surface area contributed by atoms with Gasteiger partial charge in [0.1, 0.15) is 24.6 Å². The second-order valence-electron chi connectivity index (χ2n) is 9.28. The molecule has 0 spiro atoms. The molecule has 0 fully saturated rings. The highest BCUT2D eigenvalue weighted by molar-refractivity contribution is 6.31. The zero-order valence-corrected chi connectivity index (χ0v) is 22.6. The fraction of sp³-hybridized carbons (Fsp3) is 0.222. The van der Waals surface area contributed by atoms with Gasteiger partial charge in [0.25, 0.3) is 5.56 Å². The largest absolute Gasteiger partial charge is 0.447 e. The second kappa shape index (κ2) is 11.3. The average Bonchev–Trinajstić information content (AvgIpc) is 3.75. The highest BCUT2D eigenvalue weighted by Crippen LogP contribution is 2.34. The van der Waals surface area contributed by atoms with Crippen molar-refractivity contribution >= 4 is 23.5 Å². The molecule has 0 radical (unpaired) electrons. The Kier molecular flexibility index (Phi) is 7.27. The molecule has 1 aliphatic heterocycles. The summed E-state index contributed by atoms with van der Waals surface area (Å²) in [6.07, 6.45) is 5.63. The minimum Gasteiger partial charge on any atom is -0.447 e. The Labute approximate surface area is 238 Å². The van der Waals surface area contributed by atoms with Gasteiger partial charge in [-0.05, 0) is 65.2 Å². The highest BCUT2D eigenvalue weighted by Gasteiger charge is 2.28. The number of nitrogens with zero attached hydrogens (tertiary/aromatic N) is 7. The number of fused-ring (bicyclic) bond motifs is 1. The van der Waals surface area contributed by atoms with Crippen LogP contribution in [0.1, 0.15) is 24.0 Å². The number of halogens is 1. The molecule has 13 nitrogen and oxygen atoms in total. The fourth-order valence-corrected chi connectivity index (χ4v) is 5.03. The predicted molar refractivity (Wildman–Crippen MR) is 149 cm³/mol. The number of aromatic amines is 1. The van der Waals surface area contributed by atoms with Gasteiger partial charge in [0.05, 0.1) is 30.2 Å².